The molecule has 0 spiro atoms. The number of benzene rings is 1. The van der Waals surface area contributed by atoms with Crippen molar-refractivity contribution in [1.82, 2.24) is 0 Å². The van der Waals surface area contributed by atoms with Crippen LogP contribution in [0, 0.1) is 0 Å². The number of rotatable bonds is 4. The number of nitrogens with one attached hydrogen (secondary N) is 1. The zero-order valence-electron chi connectivity index (χ0n) is 11.4. The first-order valence-corrected chi connectivity index (χ1v) is 8.57. The molecule has 0 bridgehead atoms. The fourth-order valence-electron chi connectivity index (χ4n) is 2.72. The Hall–Kier alpha value is -1.07. The van der Waals surface area contributed by atoms with Gasteiger partial charge in [-0.05, 0) is 50.5 Å². The maximum atomic E-state index is 12.3. The number of nitrogen functional groups attached to an aromatic ring is 1. The molecule has 2 rings (SSSR count). The van der Waals surface area contributed by atoms with Gasteiger partial charge in [-0.25, -0.2) is 8.42 Å². The highest BCUT2D eigenvalue weighted by atomic mass is 32.2. The van der Waals surface area contributed by atoms with Gasteiger partial charge < -0.3 is 10.6 Å². The molecule has 5 heteroatoms. The quantitative estimate of drug-likeness (QED) is 0.791. The van der Waals surface area contributed by atoms with Gasteiger partial charge >= 0.3 is 0 Å². The van der Waals surface area contributed by atoms with E-state index in [4.69, 9.17) is 5.73 Å². The topological polar surface area (TPSA) is 64.6 Å². The molecule has 1 aromatic carbocycles. The molecule has 3 N–H and O–H groups in total. The Kier molecular flexibility index (Phi) is 4.47. The van der Waals surface area contributed by atoms with Crippen molar-refractivity contribution in [3.05, 3.63) is 24.3 Å². The summed E-state index contributed by atoms with van der Waals surface area (Å²) in [4.78, 5) is 1.80. The molecule has 1 unspecified atom stereocenters. The standard InChI is InChI=1S/C14H22N2O2S/c1-12(16-9-3-2-4-10-16)11-19(17,18)14-7-5-13(15)6-8-14/h5-8,12H,2-4,9-11,15H2,1H3/p+1. The van der Waals surface area contributed by atoms with E-state index in [1.165, 1.54) is 24.2 Å². The number of nitrogens with two attached hydrogens (primary N) is 1. The van der Waals surface area contributed by atoms with E-state index in [1.807, 2.05) is 6.92 Å². The van der Waals surface area contributed by atoms with Crippen molar-refractivity contribution in [2.75, 3.05) is 24.6 Å². The van der Waals surface area contributed by atoms with Crippen LogP contribution in [0.1, 0.15) is 26.2 Å². The monoisotopic (exact) mass is 283 g/mol. The highest BCUT2D eigenvalue weighted by Crippen LogP contribution is 2.14. The highest BCUT2D eigenvalue weighted by molar-refractivity contribution is 7.91. The van der Waals surface area contributed by atoms with Gasteiger partial charge in [0.1, 0.15) is 5.75 Å². The zero-order valence-corrected chi connectivity index (χ0v) is 12.2. The summed E-state index contributed by atoms with van der Waals surface area (Å²) in [6, 6.07) is 6.64. The van der Waals surface area contributed by atoms with Crippen molar-refractivity contribution in [2.24, 2.45) is 0 Å². The van der Waals surface area contributed by atoms with Crippen LogP contribution in [0.4, 0.5) is 5.69 Å². The third kappa shape index (κ3) is 3.70. The van der Waals surface area contributed by atoms with Crippen LogP contribution in [0.15, 0.2) is 29.2 Å². The molecule has 1 aliphatic heterocycles. The number of hydrogen-bond acceptors (Lipinski definition) is 3. The molecule has 1 heterocycles. The van der Waals surface area contributed by atoms with E-state index in [0.29, 0.717) is 10.6 Å². The molecule has 1 aliphatic rings. The van der Waals surface area contributed by atoms with Crippen LogP contribution in [0.3, 0.4) is 0 Å². The van der Waals surface area contributed by atoms with Gasteiger partial charge in [0.25, 0.3) is 0 Å². The number of sulfone groups is 1. The maximum Gasteiger partial charge on any atom is 0.184 e. The summed E-state index contributed by atoms with van der Waals surface area (Å²) in [6.45, 7) is 4.23. The molecule has 0 aromatic heterocycles. The lowest BCUT2D eigenvalue weighted by molar-refractivity contribution is -0.925. The minimum Gasteiger partial charge on any atom is -0.399 e. The van der Waals surface area contributed by atoms with Crippen LogP contribution in [0.2, 0.25) is 0 Å². The minimum absolute atomic E-state index is 0.155. The third-order valence-corrected chi connectivity index (χ3v) is 5.83. The Labute approximate surface area is 115 Å². The Morgan fingerprint density at radius 1 is 1.16 bits per heavy atom. The summed E-state index contributed by atoms with van der Waals surface area (Å²) >= 11 is 0. The van der Waals surface area contributed by atoms with E-state index in [2.05, 4.69) is 0 Å². The van der Waals surface area contributed by atoms with Crippen LogP contribution < -0.4 is 10.6 Å². The molecule has 1 fully saturated rings. The second-order valence-electron chi connectivity index (χ2n) is 5.47. The van der Waals surface area contributed by atoms with Crippen LogP contribution in [0.5, 0.6) is 0 Å². The van der Waals surface area contributed by atoms with Gasteiger partial charge in [-0.2, -0.15) is 0 Å². The fraction of sp³-hybridized carbons (Fsp3) is 0.571. The zero-order chi connectivity index (χ0) is 13.9. The Morgan fingerprint density at radius 2 is 1.74 bits per heavy atom. The van der Waals surface area contributed by atoms with Gasteiger partial charge in [0.05, 0.1) is 24.0 Å². The second-order valence-corrected chi connectivity index (χ2v) is 7.50. The van der Waals surface area contributed by atoms with E-state index in [9.17, 15) is 8.42 Å². The maximum absolute atomic E-state index is 12.3. The summed E-state index contributed by atoms with van der Waals surface area (Å²) < 4.78 is 24.7. The number of likely N-dealkylation sites (tertiary alicyclic amines) is 1. The minimum atomic E-state index is -3.20. The molecule has 19 heavy (non-hydrogen) atoms. The smallest absolute Gasteiger partial charge is 0.184 e. The van der Waals surface area contributed by atoms with E-state index < -0.39 is 9.84 Å². The Bertz CT molecular complexity index is 505. The first-order valence-electron chi connectivity index (χ1n) is 6.92. The van der Waals surface area contributed by atoms with Crippen molar-refractivity contribution in [3.8, 4) is 0 Å². The van der Waals surface area contributed by atoms with Crippen LogP contribution in [0.25, 0.3) is 0 Å². The number of hydrogen-bond donors (Lipinski definition) is 2. The molecule has 0 radical (unpaired) electrons. The molecular formula is C14H23N2O2S+. The van der Waals surface area contributed by atoms with Crippen molar-refractivity contribution >= 4 is 15.5 Å². The first-order chi connectivity index (χ1) is 8.99. The summed E-state index contributed by atoms with van der Waals surface area (Å²) in [5.41, 5.74) is 6.18. The van der Waals surface area contributed by atoms with Gasteiger partial charge in [-0.15, -0.1) is 0 Å². The molecule has 0 saturated carbocycles. The highest BCUT2D eigenvalue weighted by Gasteiger charge is 2.26. The molecule has 106 valence electrons. The number of quaternary nitrogens is 1. The van der Waals surface area contributed by atoms with E-state index in [1.54, 1.807) is 24.3 Å². The van der Waals surface area contributed by atoms with Crippen molar-refractivity contribution < 1.29 is 13.3 Å². The average molecular weight is 283 g/mol. The normalized spacial score (nSPS) is 19.2. The summed E-state index contributed by atoms with van der Waals surface area (Å²) in [7, 11) is -3.20. The molecule has 1 atom stereocenters. The fourth-order valence-corrected chi connectivity index (χ4v) is 4.35. The van der Waals surface area contributed by atoms with Gasteiger partial charge in [0.2, 0.25) is 0 Å². The number of anilines is 1. The molecular weight excluding hydrogens is 260 g/mol. The summed E-state index contributed by atoms with van der Waals surface area (Å²) in [6.07, 6.45) is 3.70. The molecule has 0 aliphatic carbocycles. The SMILES string of the molecule is CC(CS(=O)(=O)c1ccc(N)cc1)[NH+]1CCCCC1. The Balaban J connectivity index is 2.05. The molecule has 4 nitrogen and oxygen atoms in total. The summed E-state index contributed by atoms with van der Waals surface area (Å²) in [5.74, 6) is 0.215. The second kappa shape index (κ2) is 5.92. The average Bonchev–Trinajstić information content (AvgIpc) is 2.40. The molecule has 1 aromatic rings. The summed E-state index contributed by atoms with van der Waals surface area (Å²) in [5, 5.41) is 0. The third-order valence-electron chi connectivity index (χ3n) is 3.90. The van der Waals surface area contributed by atoms with E-state index in [0.717, 1.165) is 13.1 Å². The van der Waals surface area contributed by atoms with Crippen LogP contribution in [-0.4, -0.2) is 33.3 Å². The lowest BCUT2D eigenvalue weighted by Gasteiger charge is -2.29. The lowest BCUT2D eigenvalue weighted by atomic mass is 10.1. The van der Waals surface area contributed by atoms with Gasteiger partial charge in [0.15, 0.2) is 9.84 Å². The predicted octanol–water partition coefficient (Wildman–Crippen LogP) is 0.500. The van der Waals surface area contributed by atoms with Crippen LogP contribution in [-0.2, 0) is 9.84 Å². The van der Waals surface area contributed by atoms with E-state index >= 15 is 0 Å². The predicted molar refractivity (Wildman–Crippen MR) is 76.9 cm³/mol. The van der Waals surface area contributed by atoms with Gasteiger partial charge in [0, 0.05) is 5.69 Å². The molecule has 1 saturated heterocycles. The lowest BCUT2D eigenvalue weighted by Crippen LogP contribution is -3.16. The Morgan fingerprint density at radius 3 is 2.32 bits per heavy atom. The first kappa shape index (κ1) is 14.3. The largest absolute Gasteiger partial charge is 0.399 e. The van der Waals surface area contributed by atoms with Gasteiger partial charge in [-0.3, -0.25) is 0 Å². The van der Waals surface area contributed by atoms with Gasteiger partial charge in [-0.1, -0.05) is 0 Å². The molecule has 0 amide bonds. The van der Waals surface area contributed by atoms with Crippen molar-refractivity contribution in [2.45, 2.75) is 37.1 Å². The van der Waals surface area contributed by atoms with Crippen LogP contribution >= 0.6 is 0 Å². The van der Waals surface area contributed by atoms with Crippen molar-refractivity contribution in [1.29, 1.82) is 0 Å². The number of piperidine rings is 1. The van der Waals surface area contributed by atoms with E-state index in [-0.39, 0.29) is 11.8 Å². The van der Waals surface area contributed by atoms with Crippen molar-refractivity contribution in [3.63, 3.8) is 0 Å².